The van der Waals surface area contributed by atoms with Crippen LogP contribution in [0.15, 0.2) is 57.7 Å². The molecule has 0 spiro atoms. The topological polar surface area (TPSA) is 56.2 Å². The van der Waals surface area contributed by atoms with E-state index in [1.54, 1.807) is 0 Å². The van der Waals surface area contributed by atoms with Crippen LogP contribution in [0.1, 0.15) is 5.76 Å². The first-order valence-electron chi connectivity index (χ1n) is 6.71. The van der Waals surface area contributed by atoms with Gasteiger partial charge in [-0.05, 0) is 30.3 Å². The number of hydrogen-bond acceptors (Lipinski definition) is 3. The van der Waals surface area contributed by atoms with Gasteiger partial charge in [-0.3, -0.25) is 4.79 Å². The van der Waals surface area contributed by atoms with Crippen LogP contribution < -0.4 is 11.2 Å². The van der Waals surface area contributed by atoms with Gasteiger partial charge in [-0.2, -0.15) is 0 Å². The van der Waals surface area contributed by atoms with Crippen molar-refractivity contribution in [2.75, 3.05) is 6.54 Å². The summed E-state index contributed by atoms with van der Waals surface area (Å²) >= 11 is 0. The summed E-state index contributed by atoms with van der Waals surface area (Å²) in [5, 5.41) is 0.245. The molecule has 106 valence electrons. The highest BCUT2D eigenvalue weighted by Crippen LogP contribution is 2.25. The molecule has 3 aromatic rings. The zero-order chi connectivity index (χ0) is 14.8. The van der Waals surface area contributed by atoms with E-state index in [0.29, 0.717) is 29.9 Å². The van der Waals surface area contributed by atoms with E-state index in [2.05, 4.69) is 0 Å². The highest BCUT2D eigenvalue weighted by molar-refractivity contribution is 5.82. The molecule has 0 aliphatic heterocycles. The van der Waals surface area contributed by atoms with Gasteiger partial charge in [-0.25, -0.2) is 4.39 Å². The summed E-state index contributed by atoms with van der Waals surface area (Å²) in [7, 11) is 0. The molecular weight excluding hydrogens is 269 g/mol. The molecule has 0 bridgehead atoms. The fourth-order valence-corrected chi connectivity index (χ4v) is 2.42. The minimum atomic E-state index is -0.458. The van der Waals surface area contributed by atoms with Crippen LogP contribution in [0.3, 0.4) is 0 Å². The second kappa shape index (κ2) is 5.50. The molecule has 2 aromatic carbocycles. The Morgan fingerprint density at radius 3 is 2.57 bits per heavy atom. The summed E-state index contributed by atoms with van der Waals surface area (Å²) in [6.45, 7) is 0.371. The van der Waals surface area contributed by atoms with Crippen LogP contribution in [0, 0.1) is 5.82 Å². The molecule has 1 aromatic heterocycles. The molecular formula is C17H14FNO2. The van der Waals surface area contributed by atoms with Crippen LogP contribution >= 0.6 is 0 Å². The van der Waals surface area contributed by atoms with Gasteiger partial charge in [0, 0.05) is 6.42 Å². The molecule has 0 saturated carbocycles. The van der Waals surface area contributed by atoms with E-state index in [1.165, 1.54) is 18.2 Å². The first-order valence-corrected chi connectivity index (χ1v) is 6.71. The van der Waals surface area contributed by atoms with Gasteiger partial charge in [0.1, 0.15) is 17.2 Å². The molecule has 0 aliphatic carbocycles. The molecule has 3 rings (SSSR count). The van der Waals surface area contributed by atoms with Gasteiger partial charge < -0.3 is 10.2 Å². The van der Waals surface area contributed by atoms with E-state index >= 15 is 0 Å². The van der Waals surface area contributed by atoms with Crippen molar-refractivity contribution in [1.29, 1.82) is 0 Å². The highest BCUT2D eigenvalue weighted by atomic mass is 19.1. The van der Waals surface area contributed by atoms with E-state index in [0.717, 1.165) is 5.56 Å². The number of nitrogens with two attached hydrogens (primary N) is 1. The van der Waals surface area contributed by atoms with Crippen LogP contribution in [0.4, 0.5) is 4.39 Å². The maximum Gasteiger partial charge on any atom is 0.200 e. The molecule has 1 heterocycles. The molecule has 0 unspecified atom stereocenters. The molecule has 0 radical (unpaired) electrons. The first-order chi connectivity index (χ1) is 10.2. The van der Waals surface area contributed by atoms with E-state index in [4.69, 9.17) is 10.2 Å². The van der Waals surface area contributed by atoms with E-state index in [9.17, 15) is 9.18 Å². The Morgan fingerprint density at radius 1 is 1.10 bits per heavy atom. The Hall–Kier alpha value is -2.46. The molecule has 0 atom stereocenters. The quantitative estimate of drug-likeness (QED) is 0.803. The predicted molar refractivity (Wildman–Crippen MR) is 80.6 cm³/mol. The standard InChI is InChI=1S/C17H14FNO2/c18-12-6-7-14-13(10-12)17(20)16(15(21-14)8-9-19)11-4-2-1-3-5-11/h1-7,10H,8-9,19H2. The summed E-state index contributed by atoms with van der Waals surface area (Å²) in [6, 6.07) is 13.2. The van der Waals surface area contributed by atoms with Crippen molar-refractivity contribution in [1.82, 2.24) is 0 Å². The maximum atomic E-state index is 13.4. The highest BCUT2D eigenvalue weighted by Gasteiger charge is 2.16. The van der Waals surface area contributed by atoms with Crippen molar-refractivity contribution in [3.63, 3.8) is 0 Å². The van der Waals surface area contributed by atoms with Gasteiger partial charge in [0.2, 0.25) is 5.43 Å². The molecule has 0 amide bonds. The van der Waals surface area contributed by atoms with Crippen molar-refractivity contribution in [2.45, 2.75) is 6.42 Å². The summed E-state index contributed by atoms with van der Waals surface area (Å²) in [5.41, 5.74) is 6.96. The molecule has 4 heteroatoms. The average Bonchev–Trinajstić information content (AvgIpc) is 2.50. The lowest BCUT2D eigenvalue weighted by Gasteiger charge is -2.09. The number of hydrogen-bond donors (Lipinski definition) is 1. The molecule has 3 nitrogen and oxygen atoms in total. The zero-order valence-corrected chi connectivity index (χ0v) is 11.3. The van der Waals surface area contributed by atoms with Crippen molar-refractivity contribution in [3.05, 3.63) is 70.3 Å². The molecule has 2 N–H and O–H groups in total. The minimum Gasteiger partial charge on any atom is -0.460 e. The van der Waals surface area contributed by atoms with Crippen LogP contribution in [-0.4, -0.2) is 6.54 Å². The summed E-state index contributed by atoms with van der Waals surface area (Å²) in [5.74, 6) is 0.0770. The van der Waals surface area contributed by atoms with E-state index < -0.39 is 5.82 Å². The number of fused-ring (bicyclic) bond motifs is 1. The van der Waals surface area contributed by atoms with Gasteiger partial charge >= 0.3 is 0 Å². The summed E-state index contributed by atoms with van der Waals surface area (Å²) in [6.07, 6.45) is 0.451. The second-order valence-electron chi connectivity index (χ2n) is 4.77. The minimum absolute atomic E-state index is 0.231. The Morgan fingerprint density at radius 2 is 1.86 bits per heavy atom. The monoisotopic (exact) mass is 283 g/mol. The number of rotatable bonds is 3. The molecule has 0 aliphatic rings. The van der Waals surface area contributed by atoms with Crippen LogP contribution in [0.2, 0.25) is 0 Å². The van der Waals surface area contributed by atoms with E-state index in [1.807, 2.05) is 30.3 Å². The third kappa shape index (κ3) is 2.45. The van der Waals surface area contributed by atoms with Crippen LogP contribution in [-0.2, 0) is 6.42 Å². The Kier molecular flexibility index (Phi) is 3.54. The normalized spacial score (nSPS) is 11.0. The van der Waals surface area contributed by atoms with Crippen LogP contribution in [0.5, 0.6) is 0 Å². The lowest BCUT2D eigenvalue weighted by atomic mass is 10.0. The molecule has 0 saturated heterocycles. The third-order valence-corrected chi connectivity index (χ3v) is 3.36. The lowest BCUT2D eigenvalue weighted by molar-refractivity contribution is 0.538. The number of benzene rings is 2. The number of halogens is 1. The van der Waals surface area contributed by atoms with Gasteiger partial charge in [0.05, 0.1) is 10.9 Å². The Bertz CT molecular complexity index is 841. The summed E-state index contributed by atoms with van der Waals surface area (Å²) < 4.78 is 19.2. The van der Waals surface area contributed by atoms with E-state index in [-0.39, 0.29) is 10.8 Å². The predicted octanol–water partition coefficient (Wildman–Crippen LogP) is 3.10. The lowest BCUT2D eigenvalue weighted by Crippen LogP contribution is -2.12. The smallest absolute Gasteiger partial charge is 0.200 e. The average molecular weight is 283 g/mol. The maximum absolute atomic E-state index is 13.4. The Balaban J connectivity index is 2.37. The van der Waals surface area contributed by atoms with Gasteiger partial charge in [-0.15, -0.1) is 0 Å². The SMILES string of the molecule is NCCc1oc2ccc(F)cc2c(=O)c1-c1ccccc1. The van der Waals surface area contributed by atoms with Crippen LogP contribution in [0.25, 0.3) is 22.1 Å². The fourth-order valence-electron chi connectivity index (χ4n) is 2.42. The van der Waals surface area contributed by atoms with Crippen molar-refractivity contribution < 1.29 is 8.81 Å². The fraction of sp³-hybridized carbons (Fsp3) is 0.118. The van der Waals surface area contributed by atoms with Crippen molar-refractivity contribution >= 4 is 11.0 Å². The molecule has 0 fully saturated rings. The van der Waals surface area contributed by atoms with Gasteiger partial charge in [-0.1, -0.05) is 30.3 Å². The van der Waals surface area contributed by atoms with Crippen molar-refractivity contribution in [2.24, 2.45) is 5.73 Å². The first kappa shape index (κ1) is 13.5. The van der Waals surface area contributed by atoms with Crippen molar-refractivity contribution in [3.8, 4) is 11.1 Å². The molecule has 21 heavy (non-hydrogen) atoms. The second-order valence-corrected chi connectivity index (χ2v) is 4.77. The Labute approximate surface area is 120 Å². The third-order valence-electron chi connectivity index (χ3n) is 3.36. The van der Waals surface area contributed by atoms with Gasteiger partial charge in [0.25, 0.3) is 0 Å². The largest absolute Gasteiger partial charge is 0.460 e. The van der Waals surface area contributed by atoms with Gasteiger partial charge in [0.15, 0.2) is 0 Å². The summed E-state index contributed by atoms with van der Waals surface area (Å²) in [4.78, 5) is 12.7. The zero-order valence-electron chi connectivity index (χ0n) is 11.3.